The van der Waals surface area contributed by atoms with Gasteiger partial charge in [-0.3, -0.25) is 29.0 Å². The lowest BCUT2D eigenvalue weighted by Crippen LogP contribution is -2.59. The van der Waals surface area contributed by atoms with Gasteiger partial charge in [-0.15, -0.1) is 0 Å². The van der Waals surface area contributed by atoms with E-state index in [-0.39, 0.29) is 56.4 Å². The van der Waals surface area contributed by atoms with E-state index in [1.807, 2.05) is 58.0 Å². The summed E-state index contributed by atoms with van der Waals surface area (Å²) in [7, 11) is 0. The SMILES string of the molecule is CC(C)C[C@H](NC(=O)[C@H](CC(C)C)NC(=O)[C@@H](N)Cc1ccccc1)C(=O)N[C@@H](CCCN=C(N)N)C(=O)N[C@@H](CC(N)=O)C(=O)O. The first kappa shape index (κ1) is 40.3. The first-order chi connectivity index (χ1) is 22.0. The summed E-state index contributed by atoms with van der Waals surface area (Å²) in [5.74, 6) is -5.44. The molecule has 1 aromatic carbocycles. The van der Waals surface area contributed by atoms with Gasteiger partial charge in [0.25, 0.3) is 0 Å². The molecule has 16 heteroatoms. The number of carbonyl (C=O) groups is 6. The Kier molecular flexibility index (Phi) is 17.5. The van der Waals surface area contributed by atoms with Crippen molar-refractivity contribution in [3.63, 3.8) is 0 Å². The molecule has 0 aromatic heterocycles. The second kappa shape index (κ2) is 20.4. The van der Waals surface area contributed by atoms with Crippen LogP contribution in [0.2, 0.25) is 0 Å². The smallest absolute Gasteiger partial charge is 0.326 e. The number of guanidine groups is 1. The zero-order valence-electron chi connectivity index (χ0n) is 27.5. The van der Waals surface area contributed by atoms with Crippen LogP contribution in [-0.4, -0.2) is 83.3 Å². The van der Waals surface area contributed by atoms with Gasteiger partial charge in [-0.1, -0.05) is 58.0 Å². The first-order valence-electron chi connectivity index (χ1n) is 15.6. The second-order valence-corrected chi connectivity index (χ2v) is 12.3. The van der Waals surface area contributed by atoms with E-state index < -0.39 is 72.1 Å². The van der Waals surface area contributed by atoms with Crippen molar-refractivity contribution in [3.8, 4) is 0 Å². The minimum Gasteiger partial charge on any atom is -0.480 e. The zero-order valence-corrected chi connectivity index (χ0v) is 27.5. The van der Waals surface area contributed by atoms with Crippen LogP contribution in [0.4, 0.5) is 0 Å². The lowest BCUT2D eigenvalue weighted by Gasteiger charge is -2.27. The van der Waals surface area contributed by atoms with Gasteiger partial charge in [0.05, 0.1) is 12.5 Å². The molecule has 262 valence electrons. The maximum Gasteiger partial charge on any atom is 0.326 e. The van der Waals surface area contributed by atoms with Crippen LogP contribution in [0.1, 0.15) is 65.4 Å². The summed E-state index contributed by atoms with van der Waals surface area (Å²) < 4.78 is 0. The molecular formula is C31H51N9O7. The Labute approximate surface area is 275 Å². The number of carboxylic acids is 1. The topological polar surface area (TPSA) is 287 Å². The predicted octanol–water partition coefficient (Wildman–Crippen LogP) is -1.40. The van der Waals surface area contributed by atoms with Crippen LogP contribution in [0.5, 0.6) is 0 Å². The molecule has 16 nitrogen and oxygen atoms in total. The Bertz CT molecular complexity index is 1240. The molecule has 0 saturated carbocycles. The quantitative estimate of drug-likeness (QED) is 0.0422. The summed E-state index contributed by atoms with van der Waals surface area (Å²) in [6.45, 7) is 7.54. The van der Waals surface area contributed by atoms with E-state index in [9.17, 15) is 33.9 Å². The Balaban J connectivity index is 3.16. The summed E-state index contributed by atoms with van der Waals surface area (Å²) in [6.07, 6.45) is 0.241. The molecule has 13 N–H and O–H groups in total. The second-order valence-electron chi connectivity index (χ2n) is 12.3. The third-order valence-electron chi connectivity index (χ3n) is 6.91. The number of hydrogen-bond acceptors (Lipinski definition) is 8. The van der Waals surface area contributed by atoms with Crippen LogP contribution in [0.15, 0.2) is 35.3 Å². The highest BCUT2D eigenvalue weighted by Crippen LogP contribution is 2.11. The number of amides is 5. The lowest BCUT2D eigenvalue weighted by molar-refractivity contribution is -0.143. The number of carbonyl (C=O) groups excluding carboxylic acids is 5. The van der Waals surface area contributed by atoms with E-state index in [2.05, 4.69) is 26.3 Å². The molecule has 0 aliphatic rings. The van der Waals surface area contributed by atoms with Gasteiger partial charge in [-0.2, -0.15) is 0 Å². The highest BCUT2D eigenvalue weighted by molar-refractivity contribution is 5.96. The van der Waals surface area contributed by atoms with Gasteiger partial charge in [0, 0.05) is 6.54 Å². The van der Waals surface area contributed by atoms with Crippen molar-refractivity contribution in [2.45, 2.75) is 96.4 Å². The Morgan fingerprint density at radius 1 is 0.723 bits per heavy atom. The summed E-state index contributed by atoms with van der Waals surface area (Å²) >= 11 is 0. The summed E-state index contributed by atoms with van der Waals surface area (Å²) in [4.78, 5) is 80.1. The van der Waals surface area contributed by atoms with Gasteiger partial charge in [-0.05, 0) is 49.5 Å². The van der Waals surface area contributed by atoms with Crippen LogP contribution in [0.3, 0.4) is 0 Å². The van der Waals surface area contributed by atoms with E-state index in [1.54, 1.807) is 0 Å². The van der Waals surface area contributed by atoms with Crippen LogP contribution >= 0.6 is 0 Å². The van der Waals surface area contributed by atoms with E-state index >= 15 is 0 Å². The maximum atomic E-state index is 13.6. The van der Waals surface area contributed by atoms with Crippen molar-refractivity contribution < 1.29 is 33.9 Å². The van der Waals surface area contributed by atoms with Gasteiger partial charge in [-0.25, -0.2) is 4.79 Å². The Hall–Kier alpha value is -4.73. The number of aliphatic carboxylic acids is 1. The molecule has 1 rings (SSSR count). The third kappa shape index (κ3) is 16.4. The molecule has 0 spiro atoms. The molecule has 1 aromatic rings. The normalized spacial score (nSPS) is 14.2. The summed E-state index contributed by atoms with van der Waals surface area (Å²) in [6, 6.07) is 3.24. The first-order valence-corrected chi connectivity index (χ1v) is 15.6. The van der Waals surface area contributed by atoms with Crippen molar-refractivity contribution in [3.05, 3.63) is 35.9 Å². The number of hydrogen-bond donors (Lipinski definition) is 9. The highest BCUT2D eigenvalue weighted by atomic mass is 16.4. The number of nitrogens with zero attached hydrogens (tertiary/aromatic N) is 1. The summed E-state index contributed by atoms with van der Waals surface area (Å²) in [5, 5.41) is 19.7. The molecule has 0 aliphatic carbocycles. The van der Waals surface area contributed by atoms with E-state index in [1.165, 1.54) is 0 Å². The number of primary amides is 1. The Morgan fingerprint density at radius 2 is 1.19 bits per heavy atom. The number of rotatable bonds is 21. The van der Waals surface area contributed by atoms with Gasteiger partial charge >= 0.3 is 5.97 Å². The Morgan fingerprint density at radius 3 is 1.66 bits per heavy atom. The van der Waals surface area contributed by atoms with E-state index in [4.69, 9.17) is 22.9 Å². The minimum absolute atomic E-state index is 0.00495. The standard InChI is InChI=1S/C31H51N9O7/c1-17(2)13-22(38-26(42)20(32)15-19-9-6-5-7-10-19)29(45)39-23(14-18(3)4)28(44)37-21(11-8-12-36-31(34)35)27(43)40-24(30(46)47)16-25(33)41/h5-7,9-10,17-18,20-24H,8,11-16,32H2,1-4H3,(H2,33,41)(H,37,44)(H,38,42)(H,39,45)(H,40,43)(H,46,47)(H4,34,35,36)/t20-,21-,22-,23-,24-/m0/s1. The molecule has 47 heavy (non-hydrogen) atoms. The summed E-state index contributed by atoms with van der Waals surface area (Å²) in [5.41, 5.74) is 22.8. The van der Waals surface area contributed by atoms with E-state index in [0.717, 1.165) is 5.56 Å². The number of nitrogens with two attached hydrogens (primary N) is 4. The van der Waals surface area contributed by atoms with Crippen LogP contribution in [0.25, 0.3) is 0 Å². The van der Waals surface area contributed by atoms with Crippen molar-refractivity contribution >= 4 is 41.5 Å². The number of aliphatic imine (C=N–C) groups is 1. The van der Waals surface area contributed by atoms with Gasteiger partial charge in [0.2, 0.25) is 29.5 Å². The van der Waals surface area contributed by atoms with Crippen LogP contribution < -0.4 is 44.2 Å². The van der Waals surface area contributed by atoms with Crippen molar-refractivity contribution in [2.75, 3.05) is 6.54 Å². The average molecular weight is 662 g/mol. The molecular weight excluding hydrogens is 610 g/mol. The molecule has 0 radical (unpaired) electrons. The lowest BCUT2D eigenvalue weighted by atomic mass is 9.99. The third-order valence-corrected chi connectivity index (χ3v) is 6.91. The molecule has 0 aliphatic heterocycles. The van der Waals surface area contributed by atoms with Gasteiger partial charge in [0.1, 0.15) is 24.2 Å². The van der Waals surface area contributed by atoms with E-state index in [0.29, 0.717) is 0 Å². The fraction of sp³-hybridized carbons (Fsp3) is 0.581. The van der Waals surface area contributed by atoms with Crippen LogP contribution in [0, 0.1) is 11.8 Å². The highest BCUT2D eigenvalue weighted by Gasteiger charge is 2.32. The van der Waals surface area contributed by atoms with Gasteiger partial charge < -0.3 is 49.3 Å². The monoisotopic (exact) mass is 661 g/mol. The molecule has 0 bridgehead atoms. The van der Waals surface area contributed by atoms with Crippen molar-refractivity contribution in [1.82, 2.24) is 21.3 Å². The fourth-order valence-corrected chi connectivity index (χ4v) is 4.64. The fourth-order valence-electron chi connectivity index (χ4n) is 4.64. The number of nitrogens with one attached hydrogen (secondary N) is 4. The average Bonchev–Trinajstić information content (AvgIpc) is 2.96. The molecule has 5 atom stereocenters. The molecule has 5 amide bonds. The molecule has 0 heterocycles. The van der Waals surface area contributed by atoms with Gasteiger partial charge in [0.15, 0.2) is 5.96 Å². The van der Waals surface area contributed by atoms with Crippen LogP contribution in [-0.2, 0) is 35.2 Å². The molecule has 0 saturated heterocycles. The largest absolute Gasteiger partial charge is 0.480 e. The maximum absolute atomic E-state index is 13.6. The van der Waals surface area contributed by atoms with Crippen molar-refractivity contribution in [2.24, 2.45) is 39.8 Å². The number of carboxylic acid groups (broad SMARTS) is 1. The minimum atomic E-state index is -1.63. The predicted molar refractivity (Wildman–Crippen MR) is 176 cm³/mol. The zero-order chi connectivity index (χ0) is 35.7. The van der Waals surface area contributed by atoms with Crippen molar-refractivity contribution in [1.29, 1.82) is 0 Å². The molecule has 0 fully saturated rings. The number of benzene rings is 1. The molecule has 0 unspecified atom stereocenters.